The Morgan fingerprint density at radius 2 is 1.75 bits per heavy atom. The first-order valence-electron chi connectivity index (χ1n) is 7.39. The average Bonchev–Trinajstić information content (AvgIpc) is 2.60. The van der Waals surface area contributed by atoms with Gasteiger partial charge in [-0.05, 0) is 47.7 Å². The predicted octanol–water partition coefficient (Wildman–Crippen LogP) is 4.11. The molecular formula is C18H21IO4S. The molecular weight excluding hydrogens is 439 g/mol. The van der Waals surface area contributed by atoms with Crippen molar-refractivity contribution >= 4 is 33.4 Å². The second-order valence-electron chi connectivity index (χ2n) is 5.28. The Kier molecular flexibility index (Phi) is 7.06. The second-order valence-corrected chi connectivity index (χ2v) is 7.86. The van der Waals surface area contributed by atoms with Gasteiger partial charge in [-0.15, -0.1) is 0 Å². The minimum Gasteiger partial charge on any atom is -0.497 e. The molecule has 4 nitrogen and oxygen atoms in total. The van der Waals surface area contributed by atoms with Crippen LogP contribution in [0.5, 0.6) is 11.5 Å². The van der Waals surface area contributed by atoms with Gasteiger partial charge in [0, 0.05) is 23.6 Å². The molecule has 2 aromatic rings. The fraction of sp³-hybridized carbons (Fsp3) is 0.333. The van der Waals surface area contributed by atoms with Gasteiger partial charge >= 0.3 is 0 Å². The Morgan fingerprint density at radius 3 is 2.29 bits per heavy atom. The average molecular weight is 460 g/mol. The van der Waals surface area contributed by atoms with Crippen LogP contribution in [0.1, 0.15) is 17.2 Å². The number of methoxy groups -OCH3 is 3. The highest BCUT2D eigenvalue weighted by Gasteiger charge is 2.21. The molecule has 2 rings (SSSR count). The fourth-order valence-electron chi connectivity index (χ4n) is 2.30. The van der Waals surface area contributed by atoms with Crippen molar-refractivity contribution in [3.63, 3.8) is 0 Å². The van der Waals surface area contributed by atoms with E-state index in [1.807, 2.05) is 43.3 Å². The summed E-state index contributed by atoms with van der Waals surface area (Å²) in [6.45, 7) is 2.01. The van der Waals surface area contributed by atoms with Crippen LogP contribution in [0, 0.1) is 10.5 Å². The third-order valence-electron chi connectivity index (χ3n) is 3.71. The summed E-state index contributed by atoms with van der Waals surface area (Å²) in [7, 11) is 3.69. The summed E-state index contributed by atoms with van der Waals surface area (Å²) in [6.07, 6.45) is -0.317. The van der Waals surface area contributed by atoms with Crippen molar-refractivity contribution in [1.29, 1.82) is 0 Å². The molecule has 0 aliphatic carbocycles. The summed E-state index contributed by atoms with van der Waals surface area (Å²) >= 11 is 2.22. The molecule has 0 saturated heterocycles. The van der Waals surface area contributed by atoms with Crippen molar-refractivity contribution in [2.75, 3.05) is 27.1 Å². The maximum atomic E-state index is 12.7. The quantitative estimate of drug-likeness (QED) is 0.584. The first kappa shape index (κ1) is 19.2. The number of rotatable bonds is 7. The Hall–Kier alpha value is -1.12. The van der Waals surface area contributed by atoms with E-state index in [2.05, 4.69) is 22.6 Å². The summed E-state index contributed by atoms with van der Waals surface area (Å²) in [5.74, 6) is 1.77. The van der Waals surface area contributed by atoms with Gasteiger partial charge in [-0.25, -0.2) is 0 Å². The van der Waals surface area contributed by atoms with Gasteiger partial charge in [0.05, 0.1) is 40.4 Å². The standard InChI is InChI=1S/C18H21IO4S/c1-12-5-7-14(8-6-12)24(20)11-17(23-4)15-9-13(21-2)10-16(22-3)18(15)19/h5-10,17H,11H2,1-4H3/t17-,24+/m0/s1. The Labute approximate surface area is 159 Å². The molecule has 0 unspecified atom stereocenters. The molecule has 2 aromatic carbocycles. The van der Waals surface area contributed by atoms with Crippen molar-refractivity contribution < 1.29 is 18.4 Å². The van der Waals surface area contributed by atoms with Crippen LogP contribution in [0.3, 0.4) is 0 Å². The third kappa shape index (κ3) is 4.49. The van der Waals surface area contributed by atoms with Gasteiger partial charge in [-0.3, -0.25) is 4.21 Å². The van der Waals surface area contributed by atoms with E-state index < -0.39 is 10.8 Å². The Bertz CT molecular complexity index is 716. The molecule has 0 radical (unpaired) electrons. The van der Waals surface area contributed by atoms with Crippen LogP contribution in [-0.4, -0.2) is 31.3 Å². The van der Waals surface area contributed by atoms with Gasteiger partial charge in [-0.2, -0.15) is 0 Å². The van der Waals surface area contributed by atoms with Crippen LogP contribution in [-0.2, 0) is 15.5 Å². The SMILES string of the molecule is COc1cc(OC)c(I)c([C@H](C[S@@](=O)c2ccc(C)cc2)OC)c1. The minimum absolute atomic E-state index is 0.317. The van der Waals surface area contributed by atoms with Gasteiger partial charge < -0.3 is 14.2 Å². The number of ether oxygens (including phenoxy) is 3. The molecule has 0 saturated carbocycles. The molecule has 0 aromatic heterocycles. The summed E-state index contributed by atoms with van der Waals surface area (Å²) in [6, 6.07) is 11.5. The Balaban J connectivity index is 2.31. The summed E-state index contributed by atoms with van der Waals surface area (Å²) in [5, 5.41) is 0. The normalized spacial score (nSPS) is 13.4. The van der Waals surface area contributed by atoms with Gasteiger partial charge in [0.15, 0.2) is 0 Å². The van der Waals surface area contributed by atoms with E-state index >= 15 is 0 Å². The van der Waals surface area contributed by atoms with E-state index in [-0.39, 0.29) is 6.10 Å². The van der Waals surface area contributed by atoms with Gasteiger partial charge in [0.2, 0.25) is 0 Å². The third-order valence-corrected chi connectivity index (χ3v) is 6.27. The molecule has 0 aliphatic heterocycles. The zero-order valence-electron chi connectivity index (χ0n) is 14.2. The lowest BCUT2D eigenvalue weighted by Crippen LogP contribution is -2.14. The van der Waals surface area contributed by atoms with Gasteiger partial charge in [0.25, 0.3) is 0 Å². The van der Waals surface area contributed by atoms with Crippen LogP contribution in [0.25, 0.3) is 0 Å². The lowest BCUT2D eigenvalue weighted by Gasteiger charge is -2.19. The Morgan fingerprint density at radius 1 is 1.08 bits per heavy atom. The molecule has 2 atom stereocenters. The first-order valence-corrected chi connectivity index (χ1v) is 9.79. The van der Waals surface area contributed by atoms with Crippen LogP contribution >= 0.6 is 22.6 Å². The molecule has 24 heavy (non-hydrogen) atoms. The molecule has 130 valence electrons. The number of aryl methyl sites for hydroxylation is 1. The van der Waals surface area contributed by atoms with E-state index in [9.17, 15) is 4.21 Å². The van der Waals surface area contributed by atoms with E-state index in [4.69, 9.17) is 14.2 Å². The highest BCUT2D eigenvalue weighted by Crippen LogP contribution is 2.35. The highest BCUT2D eigenvalue weighted by atomic mass is 127. The lowest BCUT2D eigenvalue weighted by atomic mass is 10.1. The van der Waals surface area contributed by atoms with Crippen molar-refractivity contribution in [2.24, 2.45) is 0 Å². The summed E-state index contributed by atoms with van der Waals surface area (Å²) in [4.78, 5) is 0.799. The van der Waals surface area contributed by atoms with Crippen LogP contribution in [0.15, 0.2) is 41.3 Å². The number of hydrogen-bond donors (Lipinski definition) is 0. The molecule has 0 heterocycles. The van der Waals surface area contributed by atoms with Crippen molar-refractivity contribution in [1.82, 2.24) is 0 Å². The zero-order chi connectivity index (χ0) is 17.7. The maximum Gasteiger partial charge on any atom is 0.136 e. The van der Waals surface area contributed by atoms with Gasteiger partial charge in [0.1, 0.15) is 11.5 Å². The monoisotopic (exact) mass is 460 g/mol. The first-order chi connectivity index (χ1) is 11.5. The van der Waals surface area contributed by atoms with Crippen LogP contribution < -0.4 is 9.47 Å². The molecule has 0 N–H and O–H groups in total. The molecule has 0 aliphatic rings. The molecule has 6 heteroatoms. The summed E-state index contributed by atoms with van der Waals surface area (Å²) in [5.41, 5.74) is 2.06. The number of hydrogen-bond acceptors (Lipinski definition) is 4. The second kappa shape index (κ2) is 8.82. The van der Waals surface area contributed by atoms with Crippen molar-refractivity contribution in [2.45, 2.75) is 17.9 Å². The van der Waals surface area contributed by atoms with Crippen molar-refractivity contribution in [3.05, 3.63) is 51.1 Å². The molecule has 0 bridgehead atoms. The zero-order valence-corrected chi connectivity index (χ0v) is 17.1. The smallest absolute Gasteiger partial charge is 0.136 e. The van der Waals surface area contributed by atoms with Crippen LogP contribution in [0.4, 0.5) is 0 Å². The molecule has 0 spiro atoms. The molecule has 0 fully saturated rings. The van der Waals surface area contributed by atoms with Crippen molar-refractivity contribution in [3.8, 4) is 11.5 Å². The lowest BCUT2D eigenvalue weighted by molar-refractivity contribution is 0.121. The van der Waals surface area contributed by atoms with E-state index in [0.717, 1.165) is 19.6 Å². The van der Waals surface area contributed by atoms with Crippen LogP contribution in [0.2, 0.25) is 0 Å². The molecule has 0 amide bonds. The summed E-state index contributed by atoms with van der Waals surface area (Å²) < 4.78 is 30.0. The number of benzene rings is 2. The highest BCUT2D eigenvalue weighted by molar-refractivity contribution is 14.1. The minimum atomic E-state index is -1.16. The van der Waals surface area contributed by atoms with Gasteiger partial charge in [-0.1, -0.05) is 17.7 Å². The number of halogens is 1. The maximum absolute atomic E-state index is 12.7. The fourth-order valence-corrected chi connectivity index (χ4v) is 4.40. The predicted molar refractivity (Wildman–Crippen MR) is 104 cm³/mol. The van der Waals surface area contributed by atoms with E-state index in [0.29, 0.717) is 17.3 Å². The van der Waals surface area contributed by atoms with E-state index in [1.165, 1.54) is 0 Å². The van der Waals surface area contributed by atoms with E-state index in [1.54, 1.807) is 21.3 Å². The topological polar surface area (TPSA) is 44.8 Å². The largest absolute Gasteiger partial charge is 0.497 e.